The van der Waals surface area contributed by atoms with E-state index < -0.39 is 0 Å². The van der Waals surface area contributed by atoms with Gasteiger partial charge in [0.15, 0.2) is 0 Å². The van der Waals surface area contributed by atoms with Crippen LogP contribution in [0.4, 0.5) is 0 Å². The number of thiazole rings is 1. The molecule has 3 heteroatoms. The molecule has 0 bridgehead atoms. The number of hydrogen-bond acceptors (Lipinski definition) is 2. The van der Waals surface area contributed by atoms with Crippen LogP contribution in [0.1, 0.15) is 0 Å². The van der Waals surface area contributed by atoms with Crippen molar-refractivity contribution in [2.45, 2.75) is 0 Å². The van der Waals surface area contributed by atoms with Gasteiger partial charge in [0.25, 0.3) is 0 Å². The fraction of sp³-hybridized carbons (Fsp3) is 0. The summed E-state index contributed by atoms with van der Waals surface area (Å²) in [4.78, 5) is 3.74. The van der Waals surface area contributed by atoms with Crippen molar-refractivity contribution in [1.82, 2.24) is 4.98 Å². The number of hydrogen-bond donors (Lipinski definition) is 0. The quantitative estimate of drug-likeness (QED) is 0.624. The molecule has 0 atom stereocenters. The molecule has 1 heterocycles. The van der Waals surface area contributed by atoms with E-state index in [2.05, 4.69) is 4.98 Å². The zero-order chi connectivity index (χ0) is 3.54. The molecule has 0 aliphatic heterocycles. The fourth-order valence-corrected chi connectivity index (χ4v) is 0.527. The van der Waals surface area contributed by atoms with E-state index in [0.29, 0.717) is 0 Å². The van der Waals surface area contributed by atoms with Crippen LogP contribution in [0.5, 0.6) is 0 Å². The first-order valence-corrected chi connectivity index (χ1v) is 2.26. The molecular formula is C3H5NPbS. The molecule has 0 aliphatic rings. The smallest absolute Gasteiger partial charge is 0.0791 e. The van der Waals surface area contributed by atoms with Gasteiger partial charge in [0.1, 0.15) is 0 Å². The van der Waals surface area contributed by atoms with Crippen LogP contribution in [-0.4, -0.2) is 32.3 Å². The summed E-state index contributed by atoms with van der Waals surface area (Å²) in [6.45, 7) is 0. The van der Waals surface area contributed by atoms with Crippen LogP contribution in [0.2, 0.25) is 0 Å². The summed E-state index contributed by atoms with van der Waals surface area (Å²) in [6, 6.07) is 0. The second-order valence-corrected chi connectivity index (χ2v) is 1.43. The molecule has 0 saturated heterocycles. The van der Waals surface area contributed by atoms with Gasteiger partial charge in [-0.05, 0) is 0 Å². The minimum absolute atomic E-state index is 0. The molecule has 1 rings (SSSR count). The summed E-state index contributed by atoms with van der Waals surface area (Å²) in [6.07, 6.45) is 1.77. The van der Waals surface area contributed by atoms with E-state index in [9.17, 15) is 0 Å². The number of rotatable bonds is 0. The standard InChI is InChI=1S/C3H3NS.Pb.2H/c1-2-5-3-4-1;;;/h1-3H;;;. The van der Waals surface area contributed by atoms with Crippen molar-refractivity contribution in [3.63, 3.8) is 0 Å². The third-order valence-electron chi connectivity index (χ3n) is 0.347. The molecule has 0 saturated carbocycles. The Morgan fingerprint density at radius 2 is 2.33 bits per heavy atom. The van der Waals surface area contributed by atoms with E-state index in [4.69, 9.17) is 0 Å². The summed E-state index contributed by atoms with van der Waals surface area (Å²) in [5.74, 6) is 0. The Kier molecular flexibility index (Phi) is 4.08. The summed E-state index contributed by atoms with van der Waals surface area (Å²) in [5, 5.41) is 1.93. The van der Waals surface area contributed by atoms with Gasteiger partial charge < -0.3 is 0 Å². The van der Waals surface area contributed by atoms with Crippen molar-refractivity contribution in [3.8, 4) is 0 Å². The third-order valence-corrected chi connectivity index (χ3v) is 0.869. The Hall–Kier alpha value is 0.552. The van der Waals surface area contributed by atoms with E-state index in [1.807, 2.05) is 5.38 Å². The molecule has 0 amide bonds. The number of nitrogens with zero attached hydrogens (tertiary/aromatic N) is 1. The third kappa shape index (κ3) is 1.86. The Morgan fingerprint density at radius 1 is 1.50 bits per heavy atom. The molecule has 0 unspecified atom stereocenters. The first kappa shape index (κ1) is 6.55. The first-order valence-electron chi connectivity index (χ1n) is 1.32. The van der Waals surface area contributed by atoms with Crippen molar-refractivity contribution in [1.29, 1.82) is 0 Å². The van der Waals surface area contributed by atoms with Crippen LogP contribution < -0.4 is 0 Å². The maximum atomic E-state index is 3.74. The van der Waals surface area contributed by atoms with Crippen LogP contribution in [0.3, 0.4) is 0 Å². The molecule has 0 aromatic carbocycles. The predicted molar refractivity (Wildman–Crippen MR) is 30.7 cm³/mol. The SMILES string of the molecule is [PbH2].c1cscn1. The fourth-order valence-electron chi connectivity index (χ4n) is 0.176. The van der Waals surface area contributed by atoms with Crippen molar-refractivity contribution < 1.29 is 0 Å². The zero-order valence-corrected chi connectivity index (χ0v) is 9.61. The average molecular weight is 294 g/mol. The molecule has 0 N–H and O–H groups in total. The minimum atomic E-state index is 0. The molecule has 1 nitrogen and oxygen atoms in total. The normalized spacial score (nSPS) is 6.67. The summed E-state index contributed by atoms with van der Waals surface area (Å²) in [5.41, 5.74) is 1.79. The van der Waals surface area contributed by atoms with E-state index in [0.717, 1.165) is 0 Å². The van der Waals surface area contributed by atoms with Gasteiger partial charge >= 0.3 is 27.3 Å². The molecular weight excluding hydrogens is 289 g/mol. The molecule has 0 fully saturated rings. The summed E-state index contributed by atoms with van der Waals surface area (Å²) in [7, 11) is 0. The first-order chi connectivity index (χ1) is 2.50. The van der Waals surface area contributed by atoms with Gasteiger partial charge in [0, 0.05) is 11.6 Å². The van der Waals surface area contributed by atoms with Gasteiger partial charge in [-0.1, -0.05) is 0 Å². The van der Waals surface area contributed by atoms with E-state index in [-0.39, 0.29) is 27.3 Å². The topological polar surface area (TPSA) is 12.9 Å². The maximum absolute atomic E-state index is 3.74. The largest absolute Gasteiger partial charge is 0.253 e. The molecule has 0 spiro atoms. The molecule has 2 radical (unpaired) electrons. The van der Waals surface area contributed by atoms with Gasteiger partial charge in [-0.3, -0.25) is 4.98 Å². The summed E-state index contributed by atoms with van der Waals surface area (Å²) < 4.78 is 0. The minimum Gasteiger partial charge on any atom is -0.253 e. The second-order valence-electron chi connectivity index (χ2n) is 0.676. The van der Waals surface area contributed by atoms with Gasteiger partial charge in [-0.2, -0.15) is 0 Å². The zero-order valence-electron chi connectivity index (χ0n) is 3.29. The second kappa shape index (κ2) is 3.73. The van der Waals surface area contributed by atoms with Gasteiger partial charge in [0.2, 0.25) is 0 Å². The van der Waals surface area contributed by atoms with Crippen LogP contribution in [-0.2, 0) is 0 Å². The van der Waals surface area contributed by atoms with E-state index in [1.165, 1.54) is 0 Å². The monoisotopic (exact) mass is 295 g/mol. The Bertz CT molecular complexity index is 67.3. The number of aromatic nitrogens is 1. The maximum Gasteiger partial charge on any atom is 0.0791 e. The molecule has 0 aliphatic carbocycles. The van der Waals surface area contributed by atoms with Crippen molar-refractivity contribution in [3.05, 3.63) is 17.1 Å². The Balaban J connectivity index is 0.000000250. The summed E-state index contributed by atoms with van der Waals surface area (Å²) >= 11 is 1.60. The van der Waals surface area contributed by atoms with Crippen LogP contribution in [0.25, 0.3) is 0 Å². The van der Waals surface area contributed by atoms with E-state index >= 15 is 0 Å². The van der Waals surface area contributed by atoms with E-state index in [1.54, 1.807) is 23.0 Å². The molecule has 32 valence electrons. The molecule has 1 aromatic heterocycles. The molecule has 6 heavy (non-hydrogen) atoms. The predicted octanol–water partition coefficient (Wildman–Crippen LogP) is 0.227. The Morgan fingerprint density at radius 3 is 2.50 bits per heavy atom. The van der Waals surface area contributed by atoms with Crippen molar-refractivity contribution in [2.75, 3.05) is 0 Å². The average Bonchev–Trinajstić information content (AvgIpc) is 1.76. The van der Waals surface area contributed by atoms with Crippen molar-refractivity contribution >= 4 is 38.6 Å². The van der Waals surface area contributed by atoms with Gasteiger partial charge in [-0.15, -0.1) is 11.3 Å². The van der Waals surface area contributed by atoms with Gasteiger partial charge in [-0.25, -0.2) is 0 Å². The Labute approximate surface area is 60.6 Å². The van der Waals surface area contributed by atoms with Gasteiger partial charge in [0.05, 0.1) is 5.51 Å². The van der Waals surface area contributed by atoms with Crippen LogP contribution >= 0.6 is 11.3 Å². The van der Waals surface area contributed by atoms with Crippen LogP contribution in [0, 0.1) is 0 Å². The van der Waals surface area contributed by atoms with Crippen LogP contribution in [0.15, 0.2) is 17.1 Å². The molecule has 1 aromatic rings. The van der Waals surface area contributed by atoms with Crippen molar-refractivity contribution in [2.24, 2.45) is 0 Å².